The summed E-state index contributed by atoms with van der Waals surface area (Å²) in [6.45, 7) is 5.16. The molecular formula is C26H32ClN3O7. The Kier molecular flexibility index (Phi) is 12.1. The molecule has 0 aliphatic heterocycles. The Bertz CT molecular complexity index is 1120. The highest BCUT2D eigenvalue weighted by Gasteiger charge is 2.12. The van der Waals surface area contributed by atoms with Crippen molar-refractivity contribution in [1.29, 1.82) is 0 Å². The van der Waals surface area contributed by atoms with Crippen molar-refractivity contribution in [3.05, 3.63) is 59.0 Å². The second-order valence-corrected chi connectivity index (χ2v) is 8.11. The number of nitrogens with zero attached hydrogens (tertiary/aromatic N) is 2. The third-order valence-corrected chi connectivity index (χ3v) is 5.29. The van der Waals surface area contributed by atoms with E-state index in [1.807, 2.05) is 30.3 Å². The van der Waals surface area contributed by atoms with Crippen molar-refractivity contribution in [2.75, 3.05) is 59.9 Å². The molecule has 0 aliphatic carbocycles. The van der Waals surface area contributed by atoms with Gasteiger partial charge in [-0.2, -0.15) is 0 Å². The third-order valence-electron chi connectivity index (χ3n) is 5.00. The zero-order valence-electron chi connectivity index (χ0n) is 21.0. The van der Waals surface area contributed by atoms with Crippen LogP contribution in [0.2, 0.25) is 5.15 Å². The summed E-state index contributed by atoms with van der Waals surface area (Å²) in [4.78, 5) is 20.2. The Morgan fingerprint density at radius 2 is 1.57 bits per heavy atom. The van der Waals surface area contributed by atoms with Gasteiger partial charge in [-0.05, 0) is 18.6 Å². The SMILES string of the molecule is COc1cc2c(Cl)nc(C)nc2cc1OCCOCCOCCOCCNC(=O)OCc1ccccc1. The highest BCUT2D eigenvalue weighted by molar-refractivity contribution is 6.34. The quantitative estimate of drug-likeness (QED) is 0.216. The van der Waals surface area contributed by atoms with Gasteiger partial charge >= 0.3 is 6.09 Å². The van der Waals surface area contributed by atoms with E-state index in [0.717, 1.165) is 5.56 Å². The van der Waals surface area contributed by atoms with Gasteiger partial charge in [-0.15, -0.1) is 0 Å². The normalized spacial score (nSPS) is 10.9. The maximum Gasteiger partial charge on any atom is 0.407 e. The first-order valence-electron chi connectivity index (χ1n) is 11.9. The Balaban J connectivity index is 1.17. The van der Waals surface area contributed by atoms with Crippen LogP contribution in [0.1, 0.15) is 11.4 Å². The molecule has 1 aromatic heterocycles. The largest absolute Gasteiger partial charge is 0.493 e. The third kappa shape index (κ3) is 10.0. The molecule has 1 heterocycles. The number of carbonyl (C=O) groups is 1. The van der Waals surface area contributed by atoms with Crippen LogP contribution in [0.15, 0.2) is 42.5 Å². The van der Waals surface area contributed by atoms with Crippen LogP contribution in [-0.4, -0.2) is 76.0 Å². The van der Waals surface area contributed by atoms with Crippen LogP contribution < -0.4 is 14.8 Å². The number of benzene rings is 2. The van der Waals surface area contributed by atoms with Crippen LogP contribution >= 0.6 is 11.6 Å². The molecule has 3 aromatic rings. The van der Waals surface area contributed by atoms with Crippen molar-refractivity contribution >= 4 is 28.6 Å². The van der Waals surface area contributed by atoms with Gasteiger partial charge < -0.3 is 33.7 Å². The standard InChI is InChI=1S/C26H32ClN3O7/c1-19-29-22-17-24(23(32-2)16-21(22)25(27)30-19)36-15-14-35-13-12-34-11-10-33-9-8-28-26(31)37-18-20-6-4-3-5-7-20/h3-7,16-17H,8-15,18H2,1-2H3,(H,28,31). The lowest BCUT2D eigenvalue weighted by molar-refractivity contribution is 0.00966. The lowest BCUT2D eigenvalue weighted by Crippen LogP contribution is -2.28. The molecule has 1 amide bonds. The summed E-state index contributed by atoms with van der Waals surface area (Å²) in [7, 11) is 1.56. The highest BCUT2D eigenvalue weighted by Crippen LogP contribution is 2.34. The van der Waals surface area contributed by atoms with E-state index in [1.54, 1.807) is 26.2 Å². The zero-order chi connectivity index (χ0) is 26.3. The van der Waals surface area contributed by atoms with Crippen LogP contribution in [0, 0.1) is 6.92 Å². The minimum absolute atomic E-state index is 0.234. The molecule has 37 heavy (non-hydrogen) atoms. The van der Waals surface area contributed by atoms with Crippen LogP contribution in [-0.2, 0) is 25.6 Å². The van der Waals surface area contributed by atoms with Gasteiger partial charge in [0.2, 0.25) is 0 Å². The molecule has 0 saturated carbocycles. The number of ether oxygens (including phenoxy) is 6. The van der Waals surface area contributed by atoms with Crippen LogP contribution in [0.25, 0.3) is 10.9 Å². The van der Waals surface area contributed by atoms with E-state index >= 15 is 0 Å². The zero-order valence-corrected chi connectivity index (χ0v) is 21.8. The maximum absolute atomic E-state index is 11.6. The Morgan fingerprint density at radius 1 is 0.892 bits per heavy atom. The fourth-order valence-corrected chi connectivity index (χ4v) is 3.51. The van der Waals surface area contributed by atoms with E-state index in [-0.39, 0.29) is 6.61 Å². The summed E-state index contributed by atoms with van der Waals surface area (Å²) in [5, 5.41) is 3.71. The van der Waals surface area contributed by atoms with Crippen molar-refractivity contribution in [2.24, 2.45) is 0 Å². The van der Waals surface area contributed by atoms with E-state index in [2.05, 4.69) is 15.3 Å². The summed E-state index contributed by atoms with van der Waals surface area (Å²) in [6.07, 6.45) is -0.475. The number of rotatable bonds is 16. The Hall–Kier alpha value is -3.18. The molecule has 0 atom stereocenters. The fourth-order valence-electron chi connectivity index (χ4n) is 3.23. The Labute approximate surface area is 221 Å². The number of nitrogens with one attached hydrogen (secondary N) is 1. The van der Waals surface area contributed by atoms with Gasteiger partial charge in [0.25, 0.3) is 0 Å². The van der Waals surface area contributed by atoms with Crippen LogP contribution in [0.4, 0.5) is 4.79 Å². The molecule has 3 rings (SSSR count). The molecule has 1 N–H and O–H groups in total. The maximum atomic E-state index is 11.6. The molecule has 2 aromatic carbocycles. The summed E-state index contributed by atoms with van der Waals surface area (Å²) in [6, 6.07) is 13.0. The van der Waals surface area contributed by atoms with Crippen LogP contribution in [0.5, 0.6) is 11.5 Å². The number of methoxy groups -OCH3 is 1. The summed E-state index contributed by atoms with van der Waals surface area (Å²) in [5.41, 5.74) is 1.62. The molecule has 0 radical (unpaired) electrons. The molecule has 0 fully saturated rings. The van der Waals surface area contributed by atoms with Crippen LogP contribution in [0.3, 0.4) is 0 Å². The van der Waals surface area contributed by atoms with E-state index in [1.165, 1.54) is 0 Å². The predicted octanol–water partition coefficient (Wildman–Crippen LogP) is 3.96. The lowest BCUT2D eigenvalue weighted by Gasteiger charge is -2.13. The molecule has 11 heteroatoms. The first-order valence-corrected chi connectivity index (χ1v) is 12.3. The highest BCUT2D eigenvalue weighted by atomic mass is 35.5. The van der Waals surface area contributed by atoms with Crippen molar-refractivity contribution in [3.8, 4) is 11.5 Å². The van der Waals surface area contributed by atoms with Gasteiger partial charge in [0.05, 0.1) is 52.3 Å². The van der Waals surface area contributed by atoms with E-state index in [0.29, 0.717) is 86.2 Å². The number of hydrogen-bond acceptors (Lipinski definition) is 9. The van der Waals surface area contributed by atoms with E-state index in [9.17, 15) is 4.79 Å². The smallest absolute Gasteiger partial charge is 0.407 e. The lowest BCUT2D eigenvalue weighted by atomic mass is 10.2. The molecule has 0 saturated heterocycles. The number of carbonyl (C=O) groups excluding carboxylic acids is 1. The minimum atomic E-state index is -0.475. The second-order valence-electron chi connectivity index (χ2n) is 7.76. The number of hydrogen-bond donors (Lipinski definition) is 1. The van der Waals surface area contributed by atoms with E-state index in [4.69, 9.17) is 40.0 Å². The molecule has 0 aliphatic rings. The first kappa shape index (κ1) is 28.4. The van der Waals surface area contributed by atoms with Gasteiger partial charge in [-0.25, -0.2) is 14.8 Å². The van der Waals surface area contributed by atoms with Gasteiger partial charge in [-0.3, -0.25) is 0 Å². The molecular weight excluding hydrogens is 502 g/mol. The molecule has 0 bridgehead atoms. The fraction of sp³-hybridized carbons (Fsp3) is 0.423. The molecule has 0 unspecified atom stereocenters. The number of fused-ring (bicyclic) bond motifs is 1. The average Bonchev–Trinajstić information content (AvgIpc) is 2.90. The van der Waals surface area contributed by atoms with Crippen molar-refractivity contribution in [3.63, 3.8) is 0 Å². The number of amides is 1. The van der Waals surface area contributed by atoms with Gasteiger partial charge in [0.15, 0.2) is 11.5 Å². The number of aromatic nitrogens is 2. The molecule has 10 nitrogen and oxygen atoms in total. The second kappa shape index (κ2) is 15.8. The minimum Gasteiger partial charge on any atom is -0.493 e. The summed E-state index contributed by atoms with van der Waals surface area (Å²) < 4.78 is 32.8. The van der Waals surface area contributed by atoms with Gasteiger partial charge in [0.1, 0.15) is 24.2 Å². The average molecular weight is 534 g/mol. The predicted molar refractivity (Wildman–Crippen MR) is 138 cm³/mol. The summed E-state index contributed by atoms with van der Waals surface area (Å²) in [5.74, 6) is 1.68. The first-order chi connectivity index (χ1) is 18.1. The Morgan fingerprint density at radius 3 is 2.27 bits per heavy atom. The number of halogens is 1. The summed E-state index contributed by atoms with van der Waals surface area (Å²) >= 11 is 6.21. The molecule has 0 spiro atoms. The number of aryl methyl sites for hydroxylation is 1. The van der Waals surface area contributed by atoms with Crippen molar-refractivity contribution in [1.82, 2.24) is 15.3 Å². The van der Waals surface area contributed by atoms with Gasteiger partial charge in [-0.1, -0.05) is 41.9 Å². The van der Waals surface area contributed by atoms with E-state index < -0.39 is 6.09 Å². The topological polar surface area (TPSA) is 110 Å². The monoisotopic (exact) mass is 533 g/mol. The van der Waals surface area contributed by atoms with Gasteiger partial charge in [0, 0.05) is 18.0 Å². The molecule has 200 valence electrons. The number of alkyl carbamates (subject to hydrolysis) is 1. The van der Waals surface area contributed by atoms with Crippen molar-refractivity contribution < 1.29 is 33.2 Å². The van der Waals surface area contributed by atoms with Crippen molar-refractivity contribution in [2.45, 2.75) is 13.5 Å².